The van der Waals surface area contributed by atoms with Gasteiger partial charge >= 0.3 is 11.9 Å². The molecular weight excluding hydrogens is 450 g/mol. The van der Waals surface area contributed by atoms with Gasteiger partial charge in [-0.1, -0.05) is 30.3 Å². The van der Waals surface area contributed by atoms with E-state index in [0.717, 1.165) is 5.56 Å². The van der Waals surface area contributed by atoms with Gasteiger partial charge < -0.3 is 25.8 Å². The Hall–Kier alpha value is -4.66. The van der Waals surface area contributed by atoms with Crippen molar-refractivity contribution in [1.29, 1.82) is 0 Å². The van der Waals surface area contributed by atoms with E-state index in [-0.39, 0.29) is 23.1 Å². The third-order valence-corrected chi connectivity index (χ3v) is 5.93. The number of anilines is 1. The minimum absolute atomic E-state index is 0.0451. The molecule has 0 bridgehead atoms. The van der Waals surface area contributed by atoms with E-state index in [2.05, 4.69) is 15.6 Å². The second kappa shape index (κ2) is 9.30. The quantitative estimate of drug-likeness (QED) is 0.333. The first-order valence-corrected chi connectivity index (χ1v) is 10.8. The molecule has 9 nitrogen and oxygen atoms in total. The maximum absolute atomic E-state index is 13.1. The Morgan fingerprint density at radius 3 is 2.43 bits per heavy atom. The van der Waals surface area contributed by atoms with Gasteiger partial charge in [-0.2, -0.15) is 0 Å². The van der Waals surface area contributed by atoms with Crippen molar-refractivity contribution in [3.8, 4) is 0 Å². The molecule has 0 fully saturated rings. The summed E-state index contributed by atoms with van der Waals surface area (Å²) < 4.78 is 0. The molecule has 3 aromatic rings. The molecule has 2 aromatic carbocycles. The molecule has 0 radical (unpaired) electrons. The molecule has 4 rings (SSSR count). The lowest BCUT2D eigenvalue weighted by Gasteiger charge is -2.15. The van der Waals surface area contributed by atoms with Crippen LogP contribution in [-0.4, -0.2) is 45.0 Å². The first-order valence-electron chi connectivity index (χ1n) is 10.8. The number of H-pyrrole nitrogens is 1. The Labute approximate surface area is 200 Å². The van der Waals surface area contributed by atoms with Crippen LogP contribution in [0.4, 0.5) is 5.69 Å². The molecule has 0 unspecified atom stereocenters. The number of amides is 2. The molecule has 5 N–H and O–H groups in total. The van der Waals surface area contributed by atoms with Crippen LogP contribution in [0.25, 0.3) is 11.6 Å². The smallest absolute Gasteiger partial charge is 0.335 e. The van der Waals surface area contributed by atoms with Crippen molar-refractivity contribution in [1.82, 2.24) is 10.3 Å². The maximum Gasteiger partial charge on any atom is 0.335 e. The molecule has 1 aromatic heterocycles. The van der Waals surface area contributed by atoms with E-state index in [1.165, 1.54) is 18.2 Å². The molecule has 1 aliphatic heterocycles. The molecule has 0 saturated carbocycles. The minimum Gasteiger partial charge on any atom is -0.480 e. The van der Waals surface area contributed by atoms with Crippen molar-refractivity contribution in [3.05, 3.63) is 87.7 Å². The summed E-state index contributed by atoms with van der Waals surface area (Å²) in [4.78, 5) is 51.9. The van der Waals surface area contributed by atoms with Gasteiger partial charge in [0.15, 0.2) is 0 Å². The molecule has 9 heteroatoms. The fraction of sp³-hybridized carbons (Fsp3) is 0.154. The van der Waals surface area contributed by atoms with Crippen LogP contribution in [0, 0.1) is 13.8 Å². The molecule has 0 spiro atoms. The molecule has 0 aliphatic carbocycles. The summed E-state index contributed by atoms with van der Waals surface area (Å²) in [6.45, 7) is 3.38. The third kappa shape index (κ3) is 4.70. The number of carboxylic acids is 2. The Kier molecular flexibility index (Phi) is 6.24. The number of carbonyl (C=O) groups is 4. The van der Waals surface area contributed by atoms with Crippen LogP contribution in [0.3, 0.4) is 0 Å². The van der Waals surface area contributed by atoms with Gasteiger partial charge in [0.25, 0.3) is 11.8 Å². The number of hydrogen-bond donors (Lipinski definition) is 5. The zero-order chi connectivity index (χ0) is 25.3. The second-order valence-corrected chi connectivity index (χ2v) is 8.30. The normalized spacial score (nSPS) is 14.3. The van der Waals surface area contributed by atoms with Gasteiger partial charge in [0.1, 0.15) is 6.04 Å². The number of fused-ring (bicyclic) bond motifs is 1. The highest BCUT2D eigenvalue weighted by Gasteiger charge is 2.28. The average molecular weight is 473 g/mol. The number of aromatic carboxylic acids is 1. The first kappa shape index (κ1) is 23.5. The topological polar surface area (TPSA) is 149 Å². The number of carboxylic acid groups (broad SMARTS) is 2. The minimum atomic E-state index is -1.15. The fourth-order valence-corrected chi connectivity index (χ4v) is 4.15. The summed E-state index contributed by atoms with van der Waals surface area (Å²) in [6.07, 6.45) is 1.69. The summed E-state index contributed by atoms with van der Waals surface area (Å²) in [5, 5.41) is 24.2. The van der Waals surface area contributed by atoms with Crippen LogP contribution in [-0.2, 0) is 16.0 Å². The number of carbonyl (C=O) groups excluding carboxylic acids is 2. The van der Waals surface area contributed by atoms with Gasteiger partial charge in [0.2, 0.25) is 0 Å². The lowest BCUT2D eigenvalue weighted by atomic mass is 10.0. The zero-order valence-corrected chi connectivity index (χ0v) is 19.0. The standard InChI is InChI=1S/C26H23N3O6/c1-13-20(12-18-17-11-16(25(32)33)8-9-19(17)28-23(18)30)27-14(2)22(13)24(31)29-21(26(34)35)10-15-6-4-3-5-7-15/h3-9,11-12,21,27H,10H2,1-2H3,(H,28,30)(H,29,31)(H,32,33)(H,34,35)/b18-12-/t21-/m1/s1. The van der Waals surface area contributed by atoms with Crippen molar-refractivity contribution in [2.24, 2.45) is 0 Å². The summed E-state index contributed by atoms with van der Waals surface area (Å²) in [5.41, 5.74) is 3.84. The van der Waals surface area contributed by atoms with Crippen molar-refractivity contribution in [2.75, 3.05) is 5.32 Å². The lowest BCUT2D eigenvalue weighted by Crippen LogP contribution is -2.42. The fourth-order valence-electron chi connectivity index (χ4n) is 4.15. The van der Waals surface area contributed by atoms with E-state index >= 15 is 0 Å². The van der Waals surface area contributed by atoms with Gasteiger partial charge in [-0.15, -0.1) is 0 Å². The second-order valence-electron chi connectivity index (χ2n) is 8.30. The van der Waals surface area contributed by atoms with Gasteiger partial charge in [-0.25, -0.2) is 9.59 Å². The van der Waals surface area contributed by atoms with Crippen molar-refractivity contribution >= 4 is 41.1 Å². The molecule has 35 heavy (non-hydrogen) atoms. The highest BCUT2D eigenvalue weighted by molar-refractivity contribution is 6.35. The molecule has 2 amide bonds. The number of rotatable bonds is 7. The number of nitrogens with one attached hydrogen (secondary N) is 3. The van der Waals surface area contributed by atoms with Crippen molar-refractivity contribution in [2.45, 2.75) is 26.3 Å². The molecule has 178 valence electrons. The number of aryl methyl sites for hydroxylation is 1. The van der Waals surface area contributed by atoms with Crippen LogP contribution < -0.4 is 10.6 Å². The monoisotopic (exact) mass is 473 g/mol. The Bertz CT molecular complexity index is 1390. The molecule has 1 atom stereocenters. The highest BCUT2D eigenvalue weighted by atomic mass is 16.4. The van der Waals surface area contributed by atoms with E-state index in [4.69, 9.17) is 0 Å². The number of aliphatic carboxylic acids is 1. The van der Waals surface area contributed by atoms with Gasteiger partial charge in [-0.3, -0.25) is 9.59 Å². The van der Waals surface area contributed by atoms with Crippen molar-refractivity contribution < 1.29 is 29.4 Å². The van der Waals surface area contributed by atoms with Gasteiger partial charge in [0, 0.05) is 29.1 Å². The predicted molar refractivity (Wildman–Crippen MR) is 129 cm³/mol. The summed E-state index contributed by atoms with van der Waals surface area (Å²) in [6, 6.07) is 12.2. The van der Waals surface area contributed by atoms with E-state index in [9.17, 15) is 29.4 Å². The van der Waals surface area contributed by atoms with E-state index < -0.39 is 29.8 Å². The summed E-state index contributed by atoms with van der Waals surface area (Å²) in [5.74, 6) is -3.20. The van der Waals surface area contributed by atoms with Crippen molar-refractivity contribution in [3.63, 3.8) is 0 Å². The maximum atomic E-state index is 13.1. The lowest BCUT2D eigenvalue weighted by molar-refractivity contribution is -0.139. The van der Waals surface area contributed by atoms with Crippen LogP contribution in [0.2, 0.25) is 0 Å². The molecule has 2 heterocycles. The Morgan fingerprint density at radius 1 is 1.06 bits per heavy atom. The Balaban J connectivity index is 1.64. The molecule has 0 saturated heterocycles. The molecular formula is C26H23N3O6. The van der Waals surface area contributed by atoms with E-state index in [1.807, 2.05) is 6.07 Å². The number of hydrogen-bond acceptors (Lipinski definition) is 4. The first-order chi connectivity index (χ1) is 16.7. The third-order valence-electron chi connectivity index (χ3n) is 5.93. The molecule has 1 aliphatic rings. The van der Waals surface area contributed by atoms with E-state index in [0.29, 0.717) is 28.2 Å². The number of aromatic nitrogens is 1. The van der Waals surface area contributed by atoms with Crippen LogP contribution in [0.1, 0.15) is 48.8 Å². The average Bonchev–Trinajstić information content (AvgIpc) is 3.28. The van der Waals surface area contributed by atoms with E-state index in [1.54, 1.807) is 44.2 Å². The van der Waals surface area contributed by atoms with Crippen LogP contribution in [0.5, 0.6) is 0 Å². The number of benzene rings is 2. The SMILES string of the molecule is Cc1[nH]c(/C=C2\C(=O)Nc3ccc(C(=O)O)cc32)c(C)c1C(=O)N[C@H](Cc1ccccc1)C(=O)O. The number of aromatic amines is 1. The Morgan fingerprint density at radius 2 is 1.77 bits per heavy atom. The highest BCUT2D eigenvalue weighted by Crippen LogP contribution is 2.34. The van der Waals surface area contributed by atoms with Gasteiger partial charge in [0.05, 0.1) is 16.7 Å². The predicted octanol–water partition coefficient (Wildman–Crippen LogP) is 3.25. The van der Waals surface area contributed by atoms with Crippen LogP contribution in [0.15, 0.2) is 48.5 Å². The largest absolute Gasteiger partial charge is 0.480 e. The summed E-state index contributed by atoms with van der Waals surface area (Å²) >= 11 is 0. The summed E-state index contributed by atoms with van der Waals surface area (Å²) in [7, 11) is 0. The zero-order valence-electron chi connectivity index (χ0n) is 19.0. The van der Waals surface area contributed by atoms with Gasteiger partial charge in [-0.05, 0) is 49.2 Å². The van der Waals surface area contributed by atoms with Crippen LogP contribution >= 0.6 is 0 Å².